The SMILES string of the molecule is CCCn1c(SCC(=O)NC2CCCc3ccccc32)nc2sc3c(c2c1=O)CCC3. The van der Waals surface area contributed by atoms with E-state index >= 15 is 0 Å². The largest absolute Gasteiger partial charge is 0.349 e. The van der Waals surface area contributed by atoms with Crippen LogP contribution in [0, 0.1) is 0 Å². The summed E-state index contributed by atoms with van der Waals surface area (Å²) in [5.41, 5.74) is 3.85. The summed E-state index contributed by atoms with van der Waals surface area (Å²) < 4.78 is 1.78. The van der Waals surface area contributed by atoms with Crippen LogP contribution in [0.2, 0.25) is 0 Å². The lowest BCUT2D eigenvalue weighted by Gasteiger charge is -2.26. The number of hydrogen-bond donors (Lipinski definition) is 1. The number of nitrogens with one attached hydrogen (secondary N) is 1. The first-order valence-corrected chi connectivity index (χ1v) is 13.0. The average Bonchev–Trinajstić information content (AvgIpc) is 3.36. The second-order valence-electron chi connectivity index (χ2n) is 8.39. The molecule has 1 N–H and O–H groups in total. The normalized spacial score (nSPS) is 17.5. The standard InChI is InChI=1S/C24H27N3O2S2/c1-2-13-27-23(29)21-17-10-6-12-19(17)31-22(21)26-24(27)30-14-20(28)25-18-11-5-8-15-7-3-4-9-16(15)18/h3-4,7,9,18H,2,5-6,8,10-14H2,1H3,(H,25,28). The highest BCUT2D eigenvalue weighted by Crippen LogP contribution is 2.35. The van der Waals surface area contributed by atoms with E-state index in [9.17, 15) is 9.59 Å². The van der Waals surface area contributed by atoms with Crippen LogP contribution in [0.25, 0.3) is 10.2 Å². The maximum atomic E-state index is 13.3. The smallest absolute Gasteiger partial charge is 0.263 e. The van der Waals surface area contributed by atoms with Crippen molar-refractivity contribution in [1.29, 1.82) is 0 Å². The zero-order chi connectivity index (χ0) is 21.4. The Bertz CT molecular complexity index is 1200. The van der Waals surface area contributed by atoms with Gasteiger partial charge in [0.05, 0.1) is 17.2 Å². The minimum absolute atomic E-state index is 0.00206. The second kappa shape index (κ2) is 8.79. The molecule has 2 aliphatic carbocycles. The number of nitrogens with zero attached hydrogens (tertiary/aromatic N) is 2. The maximum Gasteiger partial charge on any atom is 0.263 e. The molecule has 1 unspecified atom stereocenters. The van der Waals surface area contributed by atoms with Crippen LogP contribution in [-0.2, 0) is 30.6 Å². The van der Waals surface area contributed by atoms with Gasteiger partial charge in [0.15, 0.2) is 5.16 Å². The summed E-state index contributed by atoms with van der Waals surface area (Å²) in [5, 5.41) is 4.69. The molecule has 0 saturated carbocycles. The van der Waals surface area contributed by atoms with E-state index in [4.69, 9.17) is 4.98 Å². The first kappa shape index (κ1) is 20.8. The van der Waals surface area contributed by atoms with Crippen LogP contribution in [0.15, 0.2) is 34.2 Å². The lowest BCUT2D eigenvalue weighted by Crippen LogP contribution is -2.32. The van der Waals surface area contributed by atoms with Crippen molar-refractivity contribution in [2.24, 2.45) is 0 Å². The fourth-order valence-electron chi connectivity index (χ4n) is 4.86. The molecule has 0 aliphatic heterocycles. The van der Waals surface area contributed by atoms with Gasteiger partial charge in [-0.2, -0.15) is 0 Å². The predicted molar refractivity (Wildman–Crippen MR) is 127 cm³/mol. The Balaban J connectivity index is 1.35. The van der Waals surface area contributed by atoms with E-state index in [2.05, 4.69) is 30.4 Å². The molecule has 0 saturated heterocycles. The van der Waals surface area contributed by atoms with Gasteiger partial charge in [-0.15, -0.1) is 11.3 Å². The minimum atomic E-state index is -0.00206. The Morgan fingerprint density at radius 2 is 2.13 bits per heavy atom. The van der Waals surface area contributed by atoms with Gasteiger partial charge in [-0.25, -0.2) is 4.98 Å². The molecule has 0 bridgehead atoms. The Hall–Kier alpha value is -2.12. The van der Waals surface area contributed by atoms with Crippen LogP contribution in [-0.4, -0.2) is 21.2 Å². The van der Waals surface area contributed by atoms with Crippen molar-refractivity contribution >= 4 is 39.2 Å². The van der Waals surface area contributed by atoms with Crippen LogP contribution in [0.5, 0.6) is 0 Å². The van der Waals surface area contributed by atoms with E-state index in [1.54, 1.807) is 15.9 Å². The molecule has 7 heteroatoms. The van der Waals surface area contributed by atoms with Gasteiger partial charge in [-0.05, 0) is 61.6 Å². The van der Waals surface area contributed by atoms with Crippen molar-refractivity contribution in [2.45, 2.75) is 69.6 Å². The van der Waals surface area contributed by atoms with Crippen molar-refractivity contribution in [3.63, 3.8) is 0 Å². The van der Waals surface area contributed by atoms with E-state index in [1.165, 1.54) is 33.3 Å². The maximum absolute atomic E-state index is 13.3. The molecular formula is C24H27N3O2S2. The predicted octanol–water partition coefficient (Wildman–Crippen LogP) is 4.64. The zero-order valence-electron chi connectivity index (χ0n) is 17.8. The number of thiophene rings is 1. The quantitative estimate of drug-likeness (QED) is 0.436. The third kappa shape index (κ3) is 3.94. The van der Waals surface area contributed by atoms with Gasteiger partial charge < -0.3 is 5.32 Å². The Morgan fingerprint density at radius 3 is 3.00 bits per heavy atom. The summed E-state index contributed by atoms with van der Waals surface area (Å²) >= 11 is 3.04. The summed E-state index contributed by atoms with van der Waals surface area (Å²) in [6.45, 7) is 2.70. The summed E-state index contributed by atoms with van der Waals surface area (Å²) in [5.74, 6) is 0.267. The van der Waals surface area contributed by atoms with Crippen molar-refractivity contribution in [1.82, 2.24) is 14.9 Å². The third-order valence-corrected chi connectivity index (χ3v) is 8.44. The fraction of sp³-hybridized carbons (Fsp3) is 0.458. The lowest BCUT2D eigenvalue weighted by molar-refractivity contribution is -0.119. The van der Waals surface area contributed by atoms with Gasteiger partial charge in [0.1, 0.15) is 4.83 Å². The highest BCUT2D eigenvalue weighted by Gasteiger charge is 2.24. The van der Waals surface area contributed by atoms with Crippen LogP contribution < -0.4 is 10.9 Å². The third-order valence-electron chi connectivity index (χ3n) is 6.27. The molecular weight excluding hydrogens is 426 g/mol. The number of carbonyl (C=O) groups is 1. The number of aromatic nitrogens is 2. The van der Waals surface area contributed by atoms with Crippen LogP contribution in [0.4, 0.5) is 0 Å². The zero-order valence-corrected chi connectivity index (χ0v) is 19.4. The molecule has 31 heavy (non-hydrogen) atoms. The number of benzene rings is 1. The van der Waals surface area contributed by atoms with Crippen molar-refractivity contribution < 1.29 is 4.79 Å². The number of thioether (sulfide) groups is 1. The molecule has 2 heterocycles. The highest BCUT2D eigenvalue weighted by molar-refractivity contribution is 7.99. The number of hydrogen-bond acceptors (Lipinski definition) is 5. The van der Waals surface area contributed by atoms with E-state index < -0.39 is 0 Å². The van der Waals surface area contributed by atoms with E-state index in [0.717, 1.165) is 55.2 Å². The molecule has 0 fully saturated rings. The van der Waals surface area contributed by atoms with Gasteiger partial charge in [0.25, 0.3) is 5.56 Å². The van der Waals surface area contributed by atoms with Gasteiger partial charge in [0.2, 0.25) is 5.91 Å². The number of amides is 1. The van der Waals surface area contributed by atoms with Crippen LogP contribution in [0.3, 0.4) is 0 Å². The summed E-state index contributed by atoms with van der Waals surface area (Å²) in [7, 11) is 0. The minimum Gasteiger partial charge on any atom is -0.349 e. The molecule has 5 rings (SSSR count). The van der Waals surface area contributed by atoms with E-state index in [0.29, 0.717) is 11.7 Å². The molecule has 2 aromatic heterocycles. The molecule has 2 aliphatic rings. The molecule has 3 aromatic rings. The number of fused-ring (bicyclic) bond motifs is 4. The molecule has 0 spiro atoms. The van der Waals surface area contributed by atoms with Crippen LogP contribution >= 0.6 is 23.1 Å². The highest BCUT2D eigenvalue weighted by atomic mass is 32.2. The topological polar surface area (TPSA) is 64.0 Å². The van der Waals surface area contributed by atoms with Crippen molar-refractivity contribution in [2.75, 3.05) is 5.75 Å². The summed E-state index contributed by atoms with van der Waals surface area (Å²) in [6, 6.07) is 8.46. The average molecular weight is 454 g/mol. The number of aryl methyl sites for hydroxylation is 3. The monoisotopic (exact) mass is 453 g/mol. The lowest BCUT2D eigenvalue weighted by atomic mass is 9.88. The Morgan fingerprint density at radius 1 is 1.26 bits per heavy atom. The number of carbonyl (C=O) groups excluding carboxylic acids is 1. The van der Waals surface area contributed by atoms with Crippen molar-refractivity contribution in [3.8, 4) is 0 Å². The van der Waals surface area contributed by atoms with Crippen LogP contribution in [0.1, 0.15) is 60.2 Å². The number of rotatable bonds is 6. The second-order valence-corrected chi connectivity index (χ2v) is 10.4. The van der Waals surface area contributed by atoms with Gasteiger partial charge in [-0.3, -0.25) is 14.2 Å². The van der Waals surface area contributed by atoms with Gasteiger partial charge in [0, 0.05) is 11.4 Å². The van der Waals surface area contributed by atoms with Gasteiger partial charge >= 0.3 is 0 Å². The van der Waals surface area contributed by atoms with E-state index in [1.807, 2.05) is 6.07 Å². The van der Waals surface area contributed by atoms with Gasteiger partial charge in [-0.1, -0.05) is 43.0 Å². The molecule has 162 valence electrons. The first-order chi connectivity index (χ1) is 15.2. The Kier molecular flexibility index (Phi) is 5.89. The molecule has 1 aromatic carbocycles. The molecule has 1 atom stereocenters. The van der Waals surface area contributed by atoms with Crippen molar-refractivity contribution in [3.05, 3.63) is 56.2 Å². The van der Waals surface area contributed by atoms with E-state index in [-0.39, 0.29) is 23.3 Å². The fourth-order valence-corrected chi connectivity index (χ4v) is 7.00. The summed E-state index contributed by atoms with van der Waals surface area (Å²) in [4.78, 5) is 33.1. The molecule has 5 nitrogen and oxygen atoms in total. The first-order valence-electron chi connectivity index (χ1n) is 11.2. The molecule has 0 radical (unpaired) electrons. The Labute approximate surface area is 190 Å². The summed E-state index contributed by atoms with van der Waals surface area (Å²) in [6.07, 6.45) is 7.16. The molecule has 1 amide bonds.